The molecule has 0 saturated heterocycles. The van der Waals surface area contributed by atoms with Crippen LogP contribution in [0.25, 0.3) is 0 Å². The molecule has 1 unspecified atom stereocenters. The maximum Gasteiger partial charge on any atom is 0.312 e. The highest BCUT2D eigenvalue weighted by Crippen LogP contribution is 1.98. The molecule has 1 N–H and O–H groups in total. The first kappa shape index (κ1) is 9.43. The molecular formula is C7H15NO2. The van der Waals surface area contributed by atoms with Crippen LogP contribution in [0.2, 0.25) is 0 Å². The molecule has 0 rings (SSSR count). The third kappa shape index (κ3) is 5.56. The average molecular weight is 145 g/mol. The van der Waals surface area contributed by atoms with E-state index in [2.05, 4.69) is 17.2 Å². The molecule has 0 radical (unpaired) electrons. The van der Waals surface area contributed by atoms with Crippen LogP contribution >= 0.6 is 0 Å². The highest BCUT2D eigenvalue weighted by atomic mass is 16.7. The fourth-order valence-corrected chi connectivity index (χ4v) is 0.713. The summed E-state index contributed by atoms with van der Waals surface area (Å²) in [6.07, 6.45) is 3.38. The van der Waals surface area contributed by atoms with Gasteiger partial charge in [0, 0.05) is 6.04 Å². The van der Waals surface area contributed by atoms with E-state index in [1.165, 1.54) is 6.42 Å². The molecule has 0 aliphatic heterocycles. The normalized spacial score (nSPS) is 12.6. The van der Waals surface area contributed by atoms with E-state index in [1.54, 1.807) is 0 Å². The Bertz CT molecular complexity index is 85.7. The predicted molar refractivity (Wildman–Crippen MR) is 39.3 cm³/mol. The van der Waals surface area contributed by atoms with Gasteiger partial charge in [0.25, 0.3) is 0 Å². The lowest BCUT2D eigenvalue weighted by atomic mass is 10.2. The summed E-state index contributed by atoms with van der Waals surface area (Å²) < 4.78 is 0. The summed E-state index contributed by atoms with van der Waals surface area (Å²) in [5, 5.41) is 0. The van der Waals surface area contributed by atoms with E-state index in [-0.39, 0.29) is 6.04 Å². The van der Waals surface area contributed by atoms with E-state index >= 15 is 0 Å². The summed E-state index contributed by atoms with van der Waals surface area (Å²) in [6.45, 7) is 4.52. The highest BCUT2D eigenvalue weighted by Gasteiger charge is 1.98. The molecule has 0 aromatic heterocycles. The minimum absolute atomic E-state index is 0.269. The summed E-state index contributed by atoms with van der Waals surface area (Å²) in [4.78, 5) is 14.1. The topological polar surface area (TPSA) is 38.3 Å². The number of hydroxylamine groups is 1. The molecular weight excluding hydrogens is 130 g/mol. The molecule has 0 amide bonds. The second-order valence-corrected chi connectivity index (χ2v) is 2.38. The van der Waals surface area contributed by atoms with Crippen molar-refractivity contribution in [3.05, 3.63) is 0 Å². The van der Waals surface area contributed by atoms with Gasteiger partial charge in [0.15, 0.2) is 0 Å². The van der Waals surface area contributed by atoms with Crippen molar-refractivity contribution in [2.75, 3.05) is 0 Å². The lowest BCUT2D eigenvalue weighted by molar-refractivity contribution is -0.136. The molecule has 0 aliphatic carbocycles. The average Bonchev–Trinajstić information content (AvgIpc) is 1.97. The second-order valence-electron chi connectivity index (χ2n) is 2.38. The molecule has 3 nitrogen and oxygen atoms in total. The zero-order chi connectivity index (χ0) is 7.82. The van der Waals surface area contributed by atoms with E-state index in [0.717, 1.165) is 12.8 Å². The first-order valence-corrected chi connectivity index (χ1v) is 3.66. The first-order valence-electron chi connectivity index (χ1n) is 3.66. The van der Waals surface area contributed by atoms with Crippen molar-refractivity contribution in [3.63, 3.8) is 0 Å². The molecule has 1 atom stereocenters. The van der Waals surface area contributed by atoms with Crippen LogP contribution in [-0.4, -0.2) is 12.5 Å². The molecule has 0 spiro atoms. The zero-order valence-electron chi connectivity index (χ0n) is 6.59. The van der Waals surface area contributed by atoms with E-state index < -0.39 is 0 Å². The van der Waals surface area contributed by atoms with E-state index in [4.69, 9.17) is 0 Å². The summed E-state index contributed by atoms with van der Waals surface area (Å²) in [7, 11) is 0. The van der Waals surface area contributed by atoms with Gasteiger partial charge in [-0.15, -0.1) is 0 Å². The van der Waals surface area contributed by atoms with Crippen LogP contribution < -0.4 is 5.48 Å². The van der Waals surface area contributed by atoms with Crippen LogP contribution in [0.4, 0.5) is 0 Å². The lowest BCUT2D eigenvalue weighted by Crippen LogP contribution is -2.25. The first-order chi connectivity index (χ1) is 4.81. The number of carbonyl (C=O) groups excluding carboxylic acids is 1. The number of carbonyl (C=O) groups is 1. The monoisotopic (exact) mass is 145 g/mol. The Morgan fingerprint density at radius 1 is 1.70 bits per heavy atom. The minimum atomic E-state index is 0.269. The zero-order valence-corrected chi connectivity index (χ0v) is 6.59. The third-order valence-corrected chi connectivity index (χ3v) is 1.31. The minimum Gasteiger partial charge on any atom is -0.373 e. The van der Waals surface area contributed by atoms with Gasteiger partial charge in [-0.2, -0.15) is 5.48 Å². The molecule has 0 aromatic rings. The molecule has 0 saturated carbocycles. The number of hydrogen-bond acceptors (Lipinski definition) is 3. The van der Waals surface area contributed by atoms with Crippen molar-refractivity contribution in [2.24, 2.45) is 0 Å². The highest BCUT2D eigenvalue weighted by molar-refractivity contribution is 5.36. The van der Waals surface area contributed by atoms with Gasteiger partial charge in [-0.3, -0.25) is 4.79 Å². The van der Waals surface area contributed by atoms with Crippen molar-refractivity contribution in [3.8, 4) is 0 Å². The fraction of sp³-hybridized carbons (Fsp3) is 0.857. The Hall–Kier alpha value is -0.570. The van der Waals surface area contributed by atoms with Gasteiger partial charge in [0.2, 0.25) is 0 Å². The van der Waals surface area contributed by atoms with Crippen LogP contribution in [0.1, 0.15) is 33.1 Å². The van der Waals surface area contributed by atoms with Gasteiger partial charge >= 0.3 is 6.47 Å². The SMILES string of the molecule is CCCCC(C)NOC=O. The van der Waals surface area contributed by atoms with Gasteiger partial charge in [-0.25, -0.2) is 0 Å². The lowest BCUT2D eigenvalue weighted by Gasteiger charge is -2.09. The van der Waals surface area contributed by atoms with Gasteiger partial charge in [-0.1, -0.05) is 19.8 Å². The standard InChI is InChI=1S/C7H15NO2/c1-3-4-5-7(2)8-10-6-9/h6-8H,3-5H2,1-2H3. The number of nitrogens with one attached hydrogen (secondary N) is 1. The molecule has 60 valence electrons. The second kappa shape index (κ2) is 6.55. The molecule has 0 fully saturated rings. The van der Waals surface area contributed by atoms with E-state index in [0.29, 0.717) is 6.47 Å². The van der Waals surface area contributed by atoms with Gasteiger partial charge in [-0.05, 0) is 13.3 Å². The molecule has 3 heteroatoms. The Balaban J connectivity index is 3.07. The van der Waals surface area contributed by atoms with Crippen molar-refractivity contribution >= 4 is 6.47 Å². The molecule has 0 aliphatic rings. The van der Waals surface area contributed by atoms with Gasteiger partial charge < -0.3 is 4.84 Å². The molecule has 10 heavy (non-hydrogen) atoms. The largest absolute Gasteiger partial charge is 0.373 e. The van der Waals surface area contributed by atoms with Crippen molar-refractivity contribution < 1.29 is 9.63 Å². The fourth-order valence-electron chi connectivity index (χ4n) is 0.713. The van der Waals surface area contributed by atoms with Crippen LogP contribution in [0.15, 0.2) is 0 Å². The maximum atomic E-state index is 9.70. The molecule has 0 bridgehead atoms. The molecule has 0 aromatic carbocycles. The number of rotatable bonds is 6. The predicted octanol–water partition coefficient (Wildman–Crippen LogP) is 1.24. The van der Waals surface area contributed by atoms with Crippen LogP contribution in [0.3, 0.4) is 0 Å². The van der Waals surface area contributed by atoms with Crippen LogP contribution in [-0.2, 0) is 9.63 Å². The van der Waals surface area contributed by atoms with Crippen molar-refractivity contribution in [1.29, 1.82) is 0 Å². The van der Waals surface area contributed by atoms with Gasteiger partial charge in [0.05, 0.1) is 0 Å². The summed E-state index contributed by atoms with van der Waals surface area (Å²) in [6, 6.07) is 0.269. The number of hydrogen-bond donors (Lipinski definition) is 1. The Labute approximate surface area is 61.7 Å². The maximum absolute atomic E-state index is 9.70. The Morgan fingerprint density at radius 3 is 2.90 bits per heavy atom. The van der Waals surface area contributed by atoms with Crippen molar-refractivity contribution in [2.45, 2.75) is 39.2 Å². The Kier molecular flexibility index (Phi) is 6.18. The smallest absolute Gasteiger partial charge is 0.312 e. The van der Waals surface area contributed by atoms with Crippen LogP contribution in [0, 0.1) is 0 Å². The van der Waals surface area contributed by atoms with E-state index in [1.807, 2.05) is 6.92 Å². The summed E-state index contributed by atoms with van der Waals surface area (Å²) in [5.41, 5.74) is 2.60. The number of unbranched alkanes of at least 4 members (excludes halogenated alkanes) is 1. The Morgan fingerprint density at radius 2 is 2.40 bits per heavy atom. The van der Waals surface area contributed by atoms with E-state index in [9.17, 15) is 4.79 Å². The quantitative estimate of drug-likeness (QED) is 0.451. The van der Waals surface area contributed by atoms with Crippen molar-refractivity contribution in [1.82, 2.24) is 5.48 Å². The summed E-state index contributed by atoms with van der Waals surface area (Å²) >= 11 is 0. The summed E-state index contributed by atoms with van der Waals surface area (Å²) in [5.74, 6) is 0. The molecule has 0 heterocycles. The third-order valence-electron chi connectivity index (χ3n) is 1.31. The van der Waals surface area contributed by atoms with Crippen LogP contribution in [0.5, 0.6) is 0 Å². The van der Waals surface area contributed by atoms with Gasteiger partial charge in [0.1, 0.15) is 0 Å².